The lowest BCUT2D eigenvalue weighted by molar-refractivity contribution is 0.115. The van der Waals surface area contributed by atoms with Crippen molar-refractivity contribution in [2.75, 3.05) is 51.8 Å². The maximum absolute atomic E-state index is 13.4. The van der Waals surface area contributed by atoms with Crippen molar-refractivity contribution in [1.82, 2.24) is 14.9 Å². The molecule has 0 atom stereocenters. The van der Waals surface area contributed by atoms with E-state index in [9.17, 15) is 8.42 Å². The molecule has 4 rings (SSSR count). The van der Waals surface area contributed by atoms with Gasteiger partial charge < -0.3 is 14.5 Å². The summed E-state index contributed by atoms with van der Waals surface area (Å²) >= 11 is 2.99. The van der Waals surface area contributed by atoms with Crippen LogP contribution >= 0.6 is 22.7 Å². The van der Waals surface area contributed by atoms with E-state index in [1.807, 2.05) is 29.0 Å². The largest absolute Gasteiger partial charge is 0.383 e. The number of benzene rings is 1. The van der Waals surface area contributed by atoms with Crippen LogP contribution in [0.5, 0.6) is 0 Å². The minimum Gasteiger partial charge on any atom is -0.383 e. The van der Waals surface area contributed by atoms with Gasteiger partial charge in [-0.05, 0) is 30.0 Å². The number of thiophene rings is 1. The third-order valence-electron chi connectivity index (χ3n) is 5.44. The molecule has 0 unspecified atom stereocenters. The van der Waals surface area contributed by atoms with Gasteiger partial charge in [0.2, 0.25) is 0 Å². The summed E-state index contributed by atoms with van der Waals surface area (Å²) in [5, 5.41) is 5.52. The number of nitrogens with zero attached hydrogens (tertiary/aromatic N) is 2. The monoisotopic (exact) mass is 520 g/mol. The Hall–Kier alpha value is -2.28. The maximum Gasteiger partial charge on any atom is 0.263 e. The molecule has 0 aliphatic carbocycles. The Bertz CT molecular complexity index is 1290. The predicted octanol–water partition coefficient (Wildman–Crippen LogP) is 4.29. The van der Waals surface area contributed by atoms with E-state index in [-0.39, 0.29) is 0 Å². The smallest absolute Gasteiger partial charge is 0.263 e. The van der Waals surface area contributed by atoms with Gasteiger partial charge in [0.25, 0.3) is 10.0 Å². The molecule has 0 bridgehead atoms. The van der Waals surface area contributed by atoms with E-state index in [4.69, 9.17) is 9.47 Å². The third kappa shape index (κ3) is 5.85. The lowest BCUT2D eigenvalue weighted by atomic mass is 10.2. The number of anilines is 1. The summed E-state index contributed by atoms with van der Waals surface area (Å²) in [4.78, 5) is 11.0. The van der Waals surface area contributed by atoms with Crippen molar-refractivity contribution >= 4 is 49.3 Å². The summed E-state index contributed by atoms with van der Waals surface area (Å²) in [5.41, 5.74) is 2.11. The Morgan fingerprint density at radius 2 is 1.85 bits per heavy atom. The Labute approximate surface area is 207 Å². The molecular formula is C23H28N4O4S3. The predicted molar refractivity (Wildman–Crippen MR) is 138 cm³/mol. The molecule has 0 spiro atoms. The highest BCUT2D eigenvalue weighted by molar-refractivity contribution is 7.93. The van der Waals surface area contributed by atoms with Crippen LogP contribution in [-0.4, -0.2) is 70.4 Å². The average Bonchev–Trinajstić information content (AvgIpc) is 3.59. The molecule has 3 aromatic heterocycles. The number of methoxy groups -OCH3 is 2. The van der Waals surface area contributed by atoms with Crippen molar-refractivity contribution in [3.05, 3.63) is 52.2 Å². The van der Waals surface area contributed by atoms with Gasteiger partial charge >= 0.3 is 0 Å². The number of ether oxygens (including phenoxy) is 2. The number of aromatic nitrogens is 2. The molecule has 8 nitrogen and oxygen atoms in total. The van der Waals surface area contributed by atoms with Crippen molar-refractivity contribution in [2.24, 2.45) is 0 Å². The topological polar surface area (TPSA) is 96.6 Å². The Morgan fingerprint density at radius 3 is 2.56 bits per heavy atom. The first-order valence-electron chi connectivity index (χ1n) is 10.8. The van der Waals surface area contributed by atoms with Crippen molar-refractivity contribution < 1.29 is 17.9 Å². The molecule has 0 fully saturated rings. The number of fused-ring (bicyclic) bond motifs is 1. The molecule has 3 heterocycles. The molecular weight excluding hydrogens is 492 g/mol. The van der Waals surface area contributed by atoms with Gasteiger partial charge in [0.05, 0.1) is 30.1 Å². The highest BCUT2D eigenvalue weighted by atomic mass is 32.2. The SMILES string of the molecule is COCCN(CCOC)CCc1sccc1S(=O)(=O)Nc1cccc2cc(-c3nccs3)[nH]c12. The first-order chi connectivity index (χ1) is 16.5. The van der Waals surface area contributed by atoms with Gasteiger partial charge in [0, 0.05) is 55.7 Å². The van der Waals surface area contributed by atoms with E-state index in [0.717, 1.165) is 46.1 Å². The van der Waals surface area contributed by atoms with Gasteiger partial charge in [-0.25, -0.2) is 13.4 Å². The lowest BCUT2D eigenvalue weighted by Gasteiger charge is -2.21. The van der Waals surface area contributed by atoms with E-state index < -0.39 is 10.0 Å². The number of H-pyrrole nitrogens is 1. The van der Waals surface area contributed by atoms with E-state index in [1.54, 1.807) is 32.5 Å². The van der Waals surface area contributed by atoms with Crippen LogP contribution in [-0.2, 0) is 25.9 Å². The number of hydrogen-bond acceptors (Lipinski definition) is 8. The maximum atomic E-state index is 13.4. The minimum absolute atomic E-state index is 0.319. The number of aromatic amines is 1. The molecule has 182 valence electrons. The minimum atomic E-state index is -3.76. The van der Waals surface area contributed by atoms with Crippen LogP contribution < -0.4 is 4.72 Å². The third-order valence-corrected chi connectivity index (χ3v) is 8.80. The number of para-hydroxylation sites is 1. The van der Waals surface area contributed by atoms with Gasteiger partial charge in [-0.15, -0.1) is 22.7 Å². The van der Waals surface area contributed by atoms with Crippen LogP contribution in [0.3, 0.4) is 0 Å². The zero-order valence-electron chi connectivity index (χ0n) is 19.1. The Kier molecular flexibility index (Phi) is 8.35. The summed E-state index contributed by atoms with van der Waals surface area (Å²) in [6.45, 7) is 3.48. The number of nitrogens with one attached hydrogen (secondary N) is 2. The van der Waals surface area contributed by atoms with Crippen LogP contribution in [0.4, 0.5) is 5.69 Å². The fourth-order valence-electron chi connectivity index (χ4n) is 3.70. The van der Waals surface area contributed by atoms with Gasteiger partial charge in [0.1, 0.15) is 9.90 Å². The van der Waals surface area contributed by atoms with E-state index in [2.05, 4.69) is 19.6 Å². The molecule has 1 aromatic carbocycles. The van der Waals surface area contributed by atoms with Crippen LogP contribution in [0.1, 0.15) is 4.88 Å². The summed E-state index contributed by atoms with van der Waals surface area (Å²) in [5.74, 6) is 0. The lowest BCUT2D eigenvalue weighted by Crippen LogP contribution is -2.32. The summed E-state index contributed by atoms with van der Waals surface area (Å²) in [6, 6.07) is 9.22. The standard InChI is InChI=1S/C23H28N4O4S3/c1-30-12-10-27(11-13-31-2)9-6-20-21(7-14-32-20)34(28,29)26-18-5-3-4-17-16-19(25-22(17)18)23-24-8-15-33-23/h3-5,7-8,14-16,25-26H,6,9-13H2,1-2H3. The summed E-state index contributed by atoms with van der Waals surface area (Å²) in [7, 11) is -0.408. The first-order valence-corrected chi connectivity index (χ1v) is 14.1. The van der Waals surface area contributed by atoms with Crippen LogP contribution in [0.25, 0.3) is 21.6 Å². The summed E-state index contributed by atoms with van der Waals surface area (Å²) in [6.07, 6.45) is 2.38. The number of thiazole rings is 1. The van der Waals surface area contributed by atoms with Gasteiger partial charge in [-0.1, -0.05) is 12.1 Å². The number of sulfonamides is 1. The second kappa shape index (κ2) is 11.4. The molecule has 0 aliphatic rings. The molecule has 0 radical (unpaired) electrons. The highest BCUT2D eigenvalue weighted by Gasteiger charge is 2.22. The normalized spacial score (nSPS) is 12.1. The molecule has 0 saturated carbocycles. The van der Waals surface area contributed by atoms with Crippen molar-refractivity contribution in [1.29, 1.82) is 0 Å². The number of hydrogen-bond donors (Lipinski definition) is 2. The molecule has 2 N–H and O–H groups in total. The quantitative estimate of drug-likeness (QED) is 0.273. The van der Waals surface area contributed by atoms with Crippen LogP contribution in [0, 0.1) is 0 Å². The molecule has 11 heteroatoms. The van der Waals surface area contributed by atoms with E-state index >= 15 is 0 Å². The molecule has 0 saturated heterocycles. The van der Waals surface area contributed by atoms with Crippen molar-refractivity contribution in [2.45, 2.75) is 11.3 Å². The van der Waals surface area contributed by atoms with Crippen LogP contribution in [0.15, 0.2) is 52.2 Å². The average molecular weight is 521 g/mol. The number of rotatable bonds is 13. The van der Waals surface area contributed by atoms with Gasteiger partial charge in [-0.3, -0.25) is 9.62 Å². The molecule has 0 aliphatic heterocycles. The first kappa shape index (κ1) is 24.8. The molecule has 0 amide bonds. The van der Waals surface area contributed by atoms with Crippen molar-refractivity contribution in [3.63, 3.8) is 0 Å². The van der Waals surface area contributed by atoms with Crippen molar-refractivity contribution in [3.8, 4) is 10.7 Å². The fraction of sp³-hybridized carbons (Fsp3) is 0.348. The Balaban J connectivity index is 1.52. The van der Waals surface area contributed by atoms with E-state index in [0.29, 0.717) is 30.2 Å². The van der Waals surface area contributed by atoms with Gasteiger partial charge in [-0.2, -0.15) is 0 Å². The highest BCUT2D eigenvalue weighted by Crippen LogP contribution is 2.32. The second-order valence-electron chi connectivity index (χ2n) is 7.68. The second-order valence-corrected chi connectivity index (χ2v) is 11.2. The van der Waals surface area contributed by atoms with Crippen LogP contribution in [0.2, 0.25) is 0 Å². The zero-order valence-corrected chi connectivity index (χ0v) is 21.6. The fourth-order valence-corrected chi connectivity index (χ4v) is 6.85. The Morgan fingerprint density at radius 1 is 1.06 bits per heavy atom. The van der Waals surface area contributed by atoms with E-state index in [1.165, 1.54) is 22.7 Å². The zero-order chi connectivity index (χ0) is 24.0. The van der Waals surface area contributed by atoms with Gasteiger partial charge in [0.15, 0.2) is 0 Å². The molecule has 34 heavy (non-hydrogen) atoms. The molecule has 4 aromatic rings. The summed E-state index contributed by atoms with van der Waals surface area (Å²) < 4.78 is 39.9.